The number of hydrogen-bond donors (Lipinski definition) is 1. The lowest BCUT2D eigenvalue weighted by molar-refractivity contribution is -0.215. The summed E-state index contributed by atoms with van der Waals surface area (Å²) in [6.45, 7) is 6.71. The molecule has 2 aromatic heterocycles. The summed E-state index contributed by atoms with van der Waals surface area (Å²) in [6.07, 6.45) is 0.567. The van der Waals surface area contributed by atoms with E-state index in [1.54, 1.807) is 11.5 Å². The fraction of sp³-hybridized carbons (Fsp3) is 0.391. The average molecular weight is 450 g/mol. The molecule has 10 heteroatoms. The molecule has 0 bridgehead atoms. The van der Waals surface area contributed by atoms with Gasteiger partial charge in [0.15, 0.2) is 11.2 Å². The highest BCUT2D eigenvalue weighted by molar-refractivity contribution is 5.75. The van der Waals surface area contributed by atoms with Gasteiger partial charge in [-0.1, -0.05) is 36.3 Å². The number of nitrogens with zero attached hydrogens (tertiary/aromatic N) is 5. The number of carbonyl (C=O) groups excluding carboxylic acids is 1. The number of benzene rings is 1. The first-order valence-corrected chi connectivity index (χ1v) is 10.8. The Bertz CT molecular complexity index is 1250. The lowest BCUT2D eigenvalue weighted by Crippen LogP contribution is -2.44. The lowest BCUT2D eigenvalue weighted by Gasteiger charge is -2.28. The van der Waals surface area contributed by atoms with Crippen LogP contribution in [0.4, 0.5) is 5.95 Å². The highest BCUT2D eigenvalue weighted by Crippen LogP contribution is 2.22. The van der Waals surface area contributed by atoms with Crippen molar-refractivity contribution in [3.63, 3.8) is 0 Å². The predicted molar refractivity (Wildman–Crippen MR) is 123 cm³/mol. The molecular formula is C23H26N6O4. The highest BCUT2D eigenvalue weighted by atomic mass is 17.2. The molecule has 1 aliphatic rings. The van der Waals surface area contributed by atoms with Crippen LogP contribution in [0, 0.1) is 11.8 Å². The first kappa shape index (κ1) is 22.4. The van der Waals surface area contributed by atoms with Crippen molar-refractivity contribution < 1.29 is 14.6 Å². The Balaban J connectivity index is 1.82. The SMILES string of the molecule is CC#CCn1c(N2CCNCC2)nc2nc(OOC(C)=O)n(CCc3ccccc3)c(=O)c21. The van der Waals surface area contributed by atoms with Crippen LogP contribution in [-0.4, -0.2) is 51.3 Å². The molecule has 0 unspecified atom stereocenters. The third kappa shape index (κ3) is 4.99. The van der Waals surface area contributed by atoms with Gasteiger partial charge in [0.05, 0.1) is 6.54 Å². The van der Waals surface area contributed by atoms with Gasteiger partial charge in [0, 0.05) is 39.6 Å². The summed E-state index contributed by atoms with van der Waals surface area (Å²) in [7, 11) is 0. The third-order valence-electron chi connectivity index (χ3n) is 5.32. The molecule has 33 heavy (non-hydrogen) atoms. The second-order valence-corrected chi connectivity index (χ2v) is 7.58. The molecule has 0 amide bonds. The minimum absolute atomic E-state index is 0.114. The number of rotatable bonds is 7. The average Bonchev–Trinajstić information content (AvgIpc) is 3.20. The van der Waals surface area contributed by atoms with E-state index in [-0.39, 0.29) is 23.8 Å². The zero-order valence-corrected chi connectivity index (χ0v) is 18.7. The standard InChI is InChI=1S/C23H26N6O4/c1-3-4-13-28-19-20(25-22(28)27-15-11-24-12-16-27)26-23(33-32-17(2)30)29(21(19)31)14-10-18-8-6-5-7-9-18/h5-9,24H,10-16H2,1-2H3. The number of fused-ring (bicyclic) bond motifs is 1. The van der Waals surface area contributed by atoms with E-state index in [9.17, 15) is 9.59 Å². The molecular weight excluding hydrogens is 424 g/mol. The van der Waals surface area contributed by atoms with Crippen LogP contribution in [0.25, 0.3) is 11.2 Å². The number of hydrogen-bond acceptors (Lipinski definition) is 8. The van der Waals surface area contributed by atoms with Crippen molar-refractivity contribution in [2.75, 3.05) is 31.1 Å². The van der Waals surface area contributed by atoms with E-state index < -0.39 is 5.97 Å². The van der Waals surface area contributed by atoms with Crippen LogP contribution in [0.5, 0.6) is 6.01 Å². The molecule has 1 saturated heterocycles. The molecule has 0 spiro atoms. The zero-order valence-electron chi connectivity index (χ0n) is 18.7. The molecule has 1 fully saturated rings. The second kappa shape index (κ2) is 10.2. The topological polar surface area (TPSA) is 104 Å². The molecule has 1 N–H and O–H groups in total. The molecule has 0 aliphatic carbocycles. The number of carbonyl (C=O) groups is 1. The Labute approximate surface area is 191 Å². The van der Waals surface area contributed by atoms with E-state index in [1.807, 2.05) is 30.3 Å². The van der Waals surface area contributed by atoms with Gasteiger partial charge in [0.2, 0.25) is 5.95 Å². The number of piperazine rings is 1. The van der Waals surface area contributed by atoms with Gasteiger partial charge in [-0.2, -0.15) is 9.97 Å². The van der Waals surface area contributed by atoms with E-state index in [4.69, 9.17) is 9.78 Å². The van der Waals surface area contributed by atoms with E-state index in [2.05, 4.69) is 32.0 Å². The minimum atomic E-state index is -0.649. The summed E-state index contributed by atoms with van der Waals surface area (Å²) >= 11 is 0. The molecule has 0 atom stereocenters. The maximum Gasteiger partial charge on any atom is 0.352 e. The van der Waals surface area contributed by atoms with Gasteiger partial charge in [-0.3, -0.25) is 13.9 Å². The number of aromatic nitrogens is 4. The van der Waals surface area contributed by atoms with E-state index in [1.165, 1.54) is 11.5 Å². The van der Waals surface area contributed by atoms with Crippen molar-refractivity contribution in [3.05, 3.63) is 46.2 Å². The smallest absolute Gasteiger partial charge is 0.340 e. The molecule has 4 rings (SSSR count). The monoisotopic (exact) mass is 450 g/mol. The van der Waals surface area contributed by atoms with Crippen molar-refractivity contribution in [2.24, 2.45) is 0 Å². The summed E-state index contributed by atoms with van der Waals surface area (Å²) in [5, 5.41) is 3.31. The van der Waals surface area contributed by atoms with Gasteiger partial charge in [-0.15, -0.1) is 5.92 Å². The van der Waals surface area contributed by atoms with Gasteiger partial charge in [0.1, 0.15) is 0 Å². The zero-order chi connectivity index (χ0) is 23.2. The lowest BCUT2D eigenvalue weighted by atomic mass is 10.1. The van der Waals surface area contributed by atoms with Gasteiger partial charge in [-0.05, 0) is 18.9 Å². The van der Waals surface area contributed by atoms with Gasteiger partial charge >= 0.3 is 12.0 Å². The van der Waals surface area contributed by atoms with Crippen LogP contribution in [0.3, 0.4) is 0 Å². The first-order valence-electron chi connectivity index (χ1n) is 10.8. The number of anilines is 1. The molecule has 0 saturated carbocycles. The first-order chi connectivity index (χ1) is 16.1. The Kier molecular flexibility index (Phi) is 6.90. The molecule has 1 aliphatic heterocycles. The van der Waals surface area contributed by atoms with E-state index >= 15 is 0 Å². The van der Waals surface area contributed by atoms with Crippen molar-refractivity contribution in [3.8, 4) is 17.9 Å². The molecule has 3 aromatic rings. The highest BCUT2D eigenvalue weighted by Gasteiger charge is 2.24. The second-order valence-electron chi connectivity index (χ2n) is 7.58. The van der Waals surface area contributed by atoms with Crippen LogP contribution in [-0.2, 0) is 29.2 Å². The third-order valence-corrected chi connectivity index (χ3v) is 5.32. The summed E-state index contributed by atoms with van der Waals surface area (Å²) in [4.78, 5) is 46.0. The summed E-state index contributed by atoms with van der Waals surface area (Å²) in [5.41, 5.74) is 1.29. The normalized spacial score (nSPS) is 13.5. The number of aryl methyl sites for hydroxylation is 1. The van der Waals surface area contributed by atoms with Crippen LogP contribution in [0.15, 0.2) is 35.1 Å². The fourth-order valence-electron chi connectivity index (χ4n) is 3.74. The maximum atomic E-state index is 13.7. The molecule has 3 heterocycles. The number of nitrogens with one attached hydrogen (secondary N) is 1. The summed E-state index contributed by atoms with van der Waals surface area (Å²) in [6, 6.07) is 9.66. The quantitative estimate of drug-likeness (QED) is 0.325. The van der Waals surface area contributed by atoms with Crippen LogP contribution < -0.4 is 20.7 Å². The van der Waals surface area contributed by atoms with Crippen molar-refractivity contribution in [1.29, 1.82) is 0 Å². The van der Waals surface area contributed by atoms with Gasteiger partial charge in [0.25, 0.3) is 5.56 Å². The fourth-order valence-corrected chi connectivity index (χ4v) is 3.74. The summed E-state index contributed by atoms with van der Waals surface area (Å²) in [5.74, 6) is 5.91. The van der Waals surface area contributed by atoms with E-state index in [0.29, 0.717) is 24.4 Å². The van der Waals surface area contributed by atoms with Crippen LogP contribution in [0.1, 0.15) is 19.4 Å². The number of imidazole rings is 1. The molecule has 1 aromatic carbocycles. The summed E-state index contributed by atoms with van der Waals surface area (Å²) < 4.78 is 3.18. The molecule has 0 radical (unpaired) electrons. The van der Waals surface area contributed by atoms with Crippen molar-refractivity contribution in [1.82, 2.24) is 24.4 Å². The van der Waals surface area contributed by atoms with Gasteiger partial charge < -0.3 is 10.2 Å². The van der Waals surface area contributed by atoms with Crippen LogP contribution >= 0.6 is 0 Å². The van der Waals surface area contributed by atoms with Crippen LogP contribution in [0.2, 0.25) is 0 Å². The molecule has 172 valence electrons. The Morgan fingerprint density at radius 3 is 2.61 bits per heavy atom. The maximum absolute atomic E-state index is 13.7. The Morgan fingerprint density at radius 2 is 1.91 bits per heavy atom. The van der Waals surface area contributed by atoms with E-state index in [0.717, 1.165) is 31.7 Å². The van der Waals surface area contributed by atoms with Crippen molar-refractivity contribution in [2.45, 2.75) is 33.4 Å². The Hall–Kier alpha value is -3.84. The largest absolute Gasteiger partial charge is 0.352 e. The predicted octanol–water partition coefficient (Wildman–Crippen LogP) is 1.13. The molecule has 10 nitrogen and oxygen atoms in total. The Morgan fingerprint density at radius 1 is 1.15 bits per heavy atom. The minimum Gasteiger partial charge on any atom is -0.340 e. The van der Waals surface area contributed by atoms with Gasteiger partial charge in [-0.25, -0.2) is 14.6 Å². The van der Waals surface area contributed by atoms with Crippen molar-refractivity contribution >= 4 is 23.1 Å².